The highest BCUT2D eigenvalue weighted by atomic mass is 16.5. The first kappa shape index (κ1) is 17.9. The maximum atomic E-state index is 12.2. The van der Waals surface area contributed by atoms with Crippen molar-refractivity contribution in [2.75, 3.05) is 0 Å². The van der Waals surface area contributed by atoms with Gasteiger partial charge in [0.25, 0.3) is 5.91 Å². The molecule has 148 valence electrons. The number of carbonyl (C=O) groups is 1. The minimum atomic E-state index is -0.315. The number of rotatable bonds is 4. The van der Waals surface area contributed by atoms with E-state index in [1.165, 1.54) is 0 Å². The van der Waals surface area contributed by atoms with E-state index in [1.54, 1.807) is 12.1 Å². The zero-order chi connectivity index (χ0) is 20.0. The van der Waals surface area contributed by atoms with Gasteiger partial charge in [-0.1, -0.05) is 35.5 Å². The molecule has 0 spiro atoms. The second kappa shape index (κ2) is 6.72. The Morgan fingerprint density at radius 3 is 2.62 bits per heavy atom. The Labute approximate surface area is 169 Å². The van der Waals surface area contributed by atoms with Gasteiger partial charge in [0, 0.05) is 29.2 Å². The second-order valence-electron chi connectivity index (χ2n) is 8.44. The number of carbonyl (C=O) groups excluding carboxylic acids is 1. The monoisotopic (exact) mass is 389 g/mol. The van der Waals surface area contributed by atoms with Gasteiger partial charge in [-0.3, -0.25) is 4.79 Å². The lowest BCUT2D eigenvalue weighted by atomic mass is 9.84. The van der Waals surface area contributed by atoms with Crippen molar-refractivity contribution >= 4 is 5.91 Å². The van der Waals surface area contributed by atoms with Crippen molar-refractivity contribution in [2.45, 2.75) is 50.7 Å². The Morgan fingerprint density at radius 2 is 1.86 bits per heavy atom. The van der Waals surface area contributed by atoms with Gasteiger partial charge in [-0.25, -0.2) is 0 Å². The van der Waals surface area contributed by atoms with Crippen LogP contribution in [0.3, 0.4) is 0 Å². The van der Waals surface area contributed by atoms with Crippen molar-refractivity contribution < 1.29 is 14.1 Å². The molecular weight excluding hydrogens is 366 g/mol. The zero-order valence-corrected chi connectivity index (χ0v) is 16.5. The van der Waals surface area contributed by atoms with E-state index in [2.05, 4.69) is 29.3 Å². The number of para-hydroxylation sites is 1. The van der Waals surface area contributed by atoms with E-state index in [4.69, 9.17) is 9.26 Å². The summed E-state index contributed by atoms with van der Waals surface area (Å²) in [5.74, 6) is 1.92. The summed E-state index contributed by atoms with van der Waals surface area (Å²) in [5, 5.41) is 7.18. The molecule has 0 radical (unpaired) electrons. The summed E-state index contributed by atoms with van der Waals surface area (Å²) < 4.78 is 11.8. The third-order valence-corrected chi connectivity index (χ3v) is 5.43. The highest BCUT2D eigenvalue weighted by Gasteiger charge is 2.37. The first-order chi connectivity index (χ1) is 14.0. The topological polar surface area (TPSA) is 77.3 Å². The van der Waals surface area contributed by atoms with Crippen LogP contribution in [0.15, 0.2) is 53.1 Å². The molecule has 5 rings (SSSR count). The second-order valence-corrected chi connectivity index (χ2v) is 8.44. The lowest BCUT2D eigenvalue weighted by Crippen LogP contribution is -2.35. The SMILES string of the molecule is CC1(C)CC(c2nc(-c3ccc(C(=O)NC4CC4)cc3)no2)c2ccccc2O1. The molecule has 6 nitrogen and oxygen atoms in total. The van der Waals surface area contributed by atoms with E-state index >= 15 is 0 Å². The molecule has 0 bridgehead atoms. The van der Waals surface area contributed by atoms with E-state index in [1.807, 2.05) is 36.4 Å². The molecule has 2 heterocycles. The number of nitrogens with zero attached hydrogens (tertiary/aromatic N) is 2. The third-order valence-electron chi connectivity index (χ3n) is 5.43. The summed E-state index contributed by atoms with van der Waals surface area (Å²) in [5.41, 5.74) is 2.21. The van der Waals surface area contributed by atoms with Gasteiger partial charge < -0.3 is 14.6 Å². The van der Waals surface area contributed by atoms with Crippen molar-refractivity contribution in [3.8, 4) is 17.1 Å². The molecular formula is C23H23N3O3. The maximum Gasteiger partial charge on any atom is 0.251 e. The number of fused-ring (bicyclic) bond motifs is 1. The number of nitrogens with one attached hydrogen (secondary N) is 1. The molecule has 1 amide bonds. The Bertz CT molecular complexity index is 1050. The maximum absolute atomic E-state index is 12.2. The molecule has 3 aromatic rings. The van der Waals surface area contributed by atoms with Crippen molar-refractivity contribution in [3.05, 3.63) is 65.5 Å². The molecule has 2 aromatic carbocycles. The molecule has 29 heavy (non-hydrogen) atoms. The summed E-state index contributed by atoms with van der Waals surface area (Å²) in [6, 6.07) is 15.7. The van der Waals surface area contributed by atoms with Crippen LogP contribution in [-0.4, -0.2) is 27.7 Å². The fourth-order valence-corrected chi connectivity index (χ4v) is 3.78. The van der Waals surface area contributed by atoms with Crippen molar-refractivity contribution in [1.82, 2.24) is 15.5 Å². The molecule has 1 aromatic heterocycles. The van der Waals surface area contributed by atoms with Crippen LogP contribution in [0.25, 0.3) is 11.4 Å². The largest absolute Gasteiger partial charge is 0.488 e. The van der Waals surface area contributed by atoms with Crippen LogP contribution in [-0.2, 0) is 0 Å². The normalized spacial score (nSPS) is 19.9. The Morgan fingerprint density at radius 1 is 1.10 bits per heavy atom. The predicted molar refractivity (Wildman–Crippen MR) is 108 cm³/mol. The standard InChI is InChI=1S/C23H23N3O3/c1-23(2)13-18(17-5-3-4-6-19(17)28-23)22-25-20(26-29-22)14-7-9-15(10-8-14)21(27)24-16-11-12-16/h3-10,16,18H,11-13H2,1-2H3,(H,24,27). The van der Waals surface area contributed by atoms with Crippen LogP contribution in [0.4, 0.5) is 0 Å². The summed E-state index contributed by atoms with van der Waals surface area (Å²) in [6.45, 7) is 4.14. The molecule has 1 aliphatic carbocycles. The molecule has 1 atom stereocenters. The Kier molecular flexibility index (Phi) is 4.15. The van der Waals surface area contributed by atoms with Gasteiger partial charge >= 0.3 is 0 Å². The molecule has 6 heteroatoms. The lowest BCUT2D eigenvalue weighted by molar-refractivity contribution is 0.0725. The number of hydrogen-bond acceptors (Lipinski definition) is 5. The molecule has 1 fully saturated rings. The van der Waals surface area contributed by atoms with Gasteiger partial charge in [-0.2, -0.15) is 4.98 Å². The fraction of sp³-hybridized carbons (Fsp3) is 0.348. The van der Waals surface area contributed by atoms with E-state index in [0.717, 1.165) is 36.1 Å². The highest BCUT2D eigenvalue weighted by Crippen LogP contribution is 2.43. The van der Waals surface area contributed by atoms with Crippen LogP contribution in [0.2, 0.25) is 0 Å². The average molecular weight is 389 g/mol. The highest BCUT2D eigenvalue weighted by molar-refractivity contribution is 5.94. The molecule has 0 saturated heterocycles. The lowest BCUT2D eigenvalue weighted by Gasteiger charge is -2.36. The summed E-state index contributed by atoms with van der Waals surface area (Å²) in [6.07, 6.45) is 2.90. The van der Waals surface area contributed by atoms with Crippen molar-refractivity contribution in [3.63, 3.8) is 0 Å². The average Bonchev–Trinajstić information content (AvgIpc) is 3.38. The van der Waals surface area contributed by atoms with Gasteiger partial charge in [-0.05, 0) is 44.9 Å². The fourth-order valence-electron chi connectivity index (χ4n) is 3.78. The zero-order valence-electron chi connectivity index (χ0n) is 16.5. The molecule has 1 N–H and O–H groups in total. The molecule has 1 unspecified atom stereocenters. The van der Waals surface area contributed by atoms with E-state index in [9.17, 15) is 4.79 Å². The first-order valence-corrected chi connectivity index (χ1v) is 10.0. The van der Waals surface area contributed by atoms with Crippen LogP contribution in [0.5, 0.6) is 5.75 Å². The van der Waals surface area contributed by atoms with Gasteiger partial charge in [-0.15, -0.1) is 0 Å². The van der Waals surface area contributed by atoms with E-state index in [-0.39, 0.29) is 17.4 Å². The summed E-state index contributed by atoms with van der Waals surface area (Å²) in [4.78, 5) is 16.8. The van der Waals surface area contributed by atoms with Gasteiger partial charge in [0.1, 0.15) is 11.4 Å². The minimum absolute atomic E-state index is 0.0141. The Hall–Kier alpha value is -3.15. The third kappa shape index (κ3) is 3.62. The van der Waals surface area contributed by atoms with Crippen LogP contribution in [0.1, 0.15) is 60.8 Å². The Balaban J connectivity index is 1.40. The predicted octanol–water partition coefficient (Wildman–Crippen LogP) is 4.32. The summed E-state index contributed by atoms with van der Waals surface area (Å²) in [7, 11) is 0. The quantitative estimate of drug-likeness (QED) is 0.719. The smallest absolute Gasteiger partial charge is 0.251 e. The number of benzene rings is 2. The van der Waals surface area contributed by atoms with Crippen LogP contribution >= 0.6 is 0 Å². The van der Waals surface area contributed by atoms with Crippen molar-refractivity contribution in [1.29, 1.82) is 0 Å². The molecule has 1 aliphatic heterocycles. The minimum Gasteiger partial charge on any atom is -0.488 e. The van der Waals surface area contributed by atoms with E-state index in [0.29, 0.717) is 23.3 Å². The van der Waals surface area contributed by atoms with Gasteiger partial charge in [0.15, 0.2) is 0 Å². The van der Waals surface area contributed by atoms with E-state index < -0.39 is 0 Å². The van der Waals surface area contributed by atoms with Crippen molar-refractivity contribution in [2.24, 2.45) is 0 Å². The first-order valence-electron chi connectivity index (χ1n) is 10.0. The van der Waals surface area contributed by atoms with Gasteiger partial charge in [0.05, 0.1) is 5.92 Å². The number of hydrogen-bond donors (Lipinski definition) is 1. The van der Waals surface area contributed by atoms with Crippen LogP contribution < -0.4 is 10.1 Å². The number of amides is 1. The number of aromatic nitrogens is 2. The summed E-state index contributed by atoms with van der Waals surface area (Å²) >= 11 is 0. The molecule has 1 saturated carbocycles. The van der Waals surface area contributed by atoms with Crippen LogP contribution in [0, 0.1) is 0 Å². The molecule has 2 aliphatic rings. The van der Waals surface area contributed by atoms with Gasteiger partial charge in [0.2, 0.25) is 11.7 Å². The number of ether oxygens (including phenoxy) is 1.